The molecule has 25 heavy (non-hydrogen) atoms. The van der Waals surface area contributed by atoms with Crippen molar-refractivity contribution in [2.45, 2.75) is 0 Å². The highest BCUT2D eigenvalue weighted by molar-refractivity contribution is 9.10. The van der Waals surface area contributed by atoms with Crippen molar-refractivity contribution in [2.75, 3.05) is 5.32 Å². The average Bonchev–Trinajstić information content (AvgIpc) is 2.62. The molecular weight excluding hydrogens is 384 g/mol. The number of para-hydroxylation sites is 2. The summed E-state index contributed by atoms with van der Waals surface area (Å²) in [6, 6.07) is 20.5. The molecule has 1 N–H and O–H groups in total. The highest BCUT2D eigenvalue weighted by atomic mass is 79.9. The highest BCUT2D eigenvalue weighted by Gasteiger charge is 2.14. The molecule has 0 radical (unpaired) electrons. The quantitative estimate of drug-likeness (QED) is 0.359. The lowest BCUT2D eigenvalue weighted by Gasteiger charge is -2.08. The molecule has 0 aliphatic heterocycles. The first-order valence-corrected chi connectivity index (χ1v) is 8.25. The van der Waals surface area contributed by atoms with Crippen LogP contribution < -0.4 is 5.32 Å². The van der Waals surface area contributed by atoms with Gasteiger partial charge < -0.3 is 5.32 Å². The van der Waals surface area contributed by atoms with E-state index in [1.54, 1.807) is 48.5 Å². The number of nitro benzene ring substituents is 1. The molecule has 0 saturated heterocycles. The summed E-state index contributed by atoms with van der Waals surface area (Å²) in [6.45, 7) is 0. The fourth-order valence-electron chi connectivity index (χ4n) is 2.40. The number of anilines is 2. The molecule has 124 valence electrons. The fraction of sp³-hybridized carbons (Fsp3) is 0. The topological polar surface area (TPSA) is 72.2 Å². The van der Waals surface area contributed by atoms with Gasteiger partial charge in [0.1, 0.15) is 5.69 Å². The zero-order chi connectivity index (χ0) is 17.8. The molecule has 3 rings (SSSR count). The van der Waals surface area contributed by atoms with E-state index in [2.05, 4.69) is 21.2 Å². The standard InChI is InChI=1S/C19H13BrN2O3/c20-16-6-2-1-5-15(16)19(23)13-9-11-14(12-10-13)21-17-7-3-4-8-18(17)22(24)25/h1-12,21H. The molecule has 0 saturated carbocycles. The predicted molar refractivity (Wildman–Crippen MR) is 100 cm³/mol. The molecule has 6 heteroatoms. The van der Waals surface area contributed by atoms with Crippen molar-refractivity contribution < 1.29 is 9.72 Å². The van der Waals surface area contributed by atoms with Crippen LogP contribution in [-0.2, 0) is 0 Å². The van der Waals surface area contributed by atoms with Gasteiger partial charge in [-0.15, -0.1) is 0 Å². The Labute approximate surface area is 152 Å². The summed E-state index contributed by atoms with van der Waals surface area (Å²) in [5.41, 5.74) is 2.19. The third-order valence-corrected chi connectivity index (χ3v) is 4.34. The number of ketones is 1. The first kappa shape index (κ1) is 16.9. The van der Waals surface area contributed by atoms with E-state index in [9.17, 15) is 14.9 Å². The van der Waals surface area contributed by atoms with Crippen LogP contribution in [-0.4, -0.2) is 10.7 Å². The number of hydrogen-bond acceptors (Lipinski definition) is 4. The van der Waals surface area contributed by atoms with E-state index in [1.165, 1.54) is 6.07 Å². The Morgan fingerprint density at radius 1 is 0.920 bits per heavy atom. The third kappa shape index (κ3) is 3.75. The van der Waals surface area contributed by atoms with Crippen LogP contribution in [0.15, 0.2) is 77.3 Å². The monoisotopic (exact) mass is 396 g/mol. The van der Waals surface area contributed by atoms with Crippen LogP contribution in [0.4, 0.5) is 17.1 Å². The summed E-state index contributed by atoms with van der Waals surface area (Å²) in [6.07, 6.45) is 0. The van der Waals surface area contributed by atoms with Crippen LogP contribution in [0.2, 0.25) is 0 Å². The lowest BCUT2D eigenvalue weighted by molar-refractivity contribution is -0.383. The second-order valence-electron chi connectivity index (χ2n) is 5.29. The van der Waals surface area contributed by atoms with Crippen molar-refractivity contribution >= 4 is 38.8 Å². The van der Waals surface area contributed by atoms with Crippen molar-refractivity contribution in [3.63, 3.8) is 0 Å². The number of nitrogens with zero attached hydrogens (tertiary/aromatic N) is 1. The van der Waals surface area contributed by atoms with Crippen LogP contribution in [0.25, 0.3) is 0 Å². The maximum atomic E-state index is 12.5. The average molecular weight is 397 g/mol. The largest absolute Gasteiger partial charge is 0.350 e. The molecule has 0 aliphatic carbocycles. The SMILES string of the molecule is O=C(c1ccc(Nc2ccccc2[N+](=O)[O-])cc1)c1ccccc1Br. The second kappa shape index (κ2) is 7.27. The number of hydrogen-bond donors (Lipinski definition) is 1. The zero-order valence-corrected chi connectivity index (χ0v) is 14.6. The minimum Gasteiger partial charge on any atom is -0.350 e. The summed E-state index contributed by atoms with van der Waals surface area (Å²) in [5.74, 6) is -0.0929. The van der Waals surface area contributed by atoms with Crippen molar-refractivity contribution in [2.24, 2.45) is 0 Å². The Bertz CT molecular complexity index is 939. The predicted octanol–water partition coefficient (Wildman–Crippen LogP) is 5.33. The molecule has 0 aliphatic rings. The number of carbonyl (C=O) groups excluding carboxylic acids is 1. The van der Waals surface area contributed by atoms with Crippen molar-refractivity contribution in [1.82, 2.24) is 0 Å². The maximum absolute atomic E-state index is 12.5. The van der Waals surface area contributed by atoms with Crippen molar-refractivity contribution in [3.8, 4) is 0 Å². The molecule has 0 unspecified atom stereocenters. The lowest BCUT2D eigenvalue weighted by atomic mass is 10.0. The Kier molecular flexibility index (Phi) is 4.90. The molecule has 0 atom stereocenters. The van der Waals surface area contributed by atoms with Gasteiger partial charge >= 0.3 is 0 Å². The maximum Gasteiger partial charge on any atom is 0.292 e. The fourth-order valence-corrected chi connectivity index (χ4v) is 2.86. The molecule has 0 amide bonds. The van der Waals surface area contributed by atoms with Crippen LogP contribution in [0.1, 0.15) is 15.9 Å². The first-order chi connectivity index (χ1) is 12.1. The van der Waals surface area contributed by atoms with E-state index < -0.39 is 4.92 Å². The van der Waals surface area contributed by atoms with Crippen molar-refractivity contribution in [3.05, 3.63) is 98.5 Å². The Hall–Kier alpha value is -2.99. The molecular formula is C19H13BrN2O3. The van der Waals surface area contributed by atoms with E-state index in [0.29, 0.717) is 22.5 Å². The molecule has 0 fully saturated rings. The Morgan fingerprint density at radius 3 is 2.24 bits per heavy atom. The van der Waals surface area contributed by atoms with Gasteiger partial charge in [0.25, 0.3) is 5.69 Å². The van der Waals surface area contributed by atoms with Gasteiger partial charge in [0.2, 0.25) is 0 Å². The third-order valence-electron chi connectivity index (χ3n) is 3.65. The normalized spacial score (nSPS) is 10.3. The van der Waals surface area contributed by atoms with E-state index in [1.807, 2.05) is 18.2 Å². The van der Waals surface area contributed by atoms with Gasteiger partial charge in [0.15, 0.2) is 5.78 Å². The molecule has 0 aromatic heterocycles. The summed E-state index contributed by atoms with van der Waals surface area (Å²) in [7, 11) is 0. The summed E-state index contributed by atoms with van der Waals surface area (Å²) >= 11 is 3.38. The van der Waals surface area contributed by atoms with Crippen molar-refractivity contribution in [1.29, 1.82) is 0 Å². The number of nitro groups is 1. The van der Waals surface area contributed by atoms with Gasteiger partial charge in [-0.05, 0) is 42.5 Å². The smallest absolute Gasteiger partial charge is 0.292 e. The summed E-state index contributed by atoms with van der Waals surface area (Å²) in [5, 5.41) is 14.1. The van der Waals surface area contributed by atoms with Gasteiger partial charge in [-0.25, -0.2) is 0 Å². The highest BCUT2D eigenvalue weighted by Crippen LogP contribution is 2.27. The molecule has 0 bridgehead atoms. The Morgan fingerprint density at radius 2 is 1.56 bits per heavy atom. The Balaban J connectivity index is 1.83. The molecule has 0 heterocycles. The van der Waals surface area contributed by atoms with Crippen LogP contribution in [0.5, 0.6) is 0 Å². The van der Waals surface area contributed by atoms with Gasteiger partial charge in [-0.3, -0.25) is 14.9 Å². The van der Waals surface area contributed by atoms with Gasteiger partial charge in [0.05, 0.1) is 4.92 Å². The number of rotatable bonds is 5. The second-order valence-corrected chi connectivity index (χ2v) is 6.14. The van der Waals surface area contributed by atoms with E-state index >= 15 is 0 Å². The number of benzene rings is 3. The lowest BCUT2D eigenvalue weighted by Crippen LogP contribution is -2.02. The number of nitrogens with one attached hydrogen (secondary N) is 1. The van der Waals surface area contributed by atoms with Gasteiger partial charge in [-0.1, -0.05) is 40.2 Å². The first-order valence-electron chi connectivity index (χ1n) is 7.46. The summed E-state index contributed by atoms with van der Waals surface area (Å²) < 4.78 is 0.738. The van der Waals surface area contributed by atoms with Crippen LogP contribution in [0, 0.1) is 10.1 Å². The number of carbonyl (C=O) groups is 1. The molecule has 5 nitrogen and oxygen atoms in total. The van der Waals surface area contributed by atoms with Crippen LogP contribution in [0.3, 0.4) is 0 Å². The van der Waals surface area contributed by atoms with Crippen LogP contribution >= 0.6 is 15.9 Å². The number of halogens is 1. The minimum absolute atomic E-state index is 0.00382. The summed E-state index contributed by atoms with van der Waals surface area (Å²) in [4.78, 5) is 23.2. The minimum atomic E-state index is -0.437. The zero-order valence-electron chi connectivity index (χ0n) is 13.0. The van der Waals surface area contributed by atoms with E-state index in [0.717, 1.165) is 4.47 Å². The van der Waals surface area contributed by atoms with Gasteiger partial charge in [-0.2, -0.15) is 0 Å². The van der Waals surface area contributed by atoms with Gasteiger partial charge in [0, 0.05) is 27.4 Å². The molecule has 3 aromatic carbocycles. The molecule has 0 spiro atoms. The molecule has 3 aromatic rings. The van der Waals surface area contributed by atoms with E-state index in [-0.39, 0.29) is 11.5 Å². The van der Waals surface area contributed by atoms with E-state index in [4.69, 9.17) is 0 Å².